The van der Waals surface area contributed by atoms with Crippen molar-refractivity contribution >= 4 is 5.91 Å². The summed E-state index contributed by atoms with van der Waals surface area (Å²) in [5.41, 5.74) is 0. The van der Waals surface area contributed by atoms with Gasteiger partial charge >= 0.3 is 0 Å². The van der Waals surface area contributed by atoms with Gasteiger partial charge in [0.15, 0.2) is 0 Å². The molecule has 0 radical (unpaired) electrons. The highest BCUT2D eigenvalue weighted by molar-refractivity contribution is 5.78. The van der Waals surface area contributed by atoms with Crippen molar-refractivity contribution in [3.8, 4) is 0 Å². The van der Waals surface area contributed by atoms with Gasteiger partial charge < -0.3 is 15.0 Å². The molecule has 4 heteroatoms. The molecule has 2 rings (SSSR count). The summed E-state index contributed by atoms with van der Waals surface area (Å²) in [6, 6.07) is 0. The Kier molecular flexibility index (Phi) is 5.26. The van der Waals surface area contributed by atoms with Crippen LogP contribution in [0.5, 0.6) is 0 Å². The molecular weight excluding hydrogens is 216 g/mol. The topological polar surface area (TPSA) is 41.6 Å². The minimum Gasteiger partial charge on any atom is -0.381 e. The van der Waals surface area contributed by atoms with Crippen molar-refractivity contribution < 1.29 is 9.53 Å². The molecule has 2 aliphatic rings. The number of carbonyl (C=O) groups is 1. The summed E-state index contributed by atoms with van der Waals surface area (Å²) >= 11 is 0. The predicted molar refractivity (Wildman–Crippen MR) is 66.8 cm³/mol. The molecule has 4 nitrogen and oxygen atoms in total. The summed E-state index contributed by atoms with van der Waals surface area (Å²) in [5.74, 6) is 0.412. The number of ether oxygens (including phenoxy) is 1. The van der Waals surface area contributed by atoms with E-state index in [9.17, 15) is 4.79 Å². The summed E-state index contributed by atoms with van der Waals surface area (Å²) in [6.45, 7) is 5.69. The first-order valence-electron chi connectivity index (χ1n) is 6.94. The Morgan fingerprint density at radius 2 is 1.88 bits per heavy atom. The third-order valence-corrected chi connectivity index (χ3v) is 3.77. The van der Waals surface area contributed by atoms with E-state index in [1.165, 1.54) is 32.4 Å². The first-order chi connectivity index (χ1) is 8.36. The second-order valence-corrected chi connectivity index (χ2v) is 5.08. The van der Waals surface area contributed by atoms with Crippen LogP contribution < -0.4 is 5.32 Å². The smallest absolute Gasteiger partial charge is 0.223 e. The van der Waals surface area contributed by atoms with E-state index in [0.29, 0.717) is 0 Å². The van der Waals surface area contributed by atoms with E-state index in [0.717, 1.165) is 39.1 Å². The number of hydrogen-bond acceptors (Lipinski definition) is 3. The van der Waals surface area contributed by atoms with Gasteiger partial charge in [0.1, 0.15) is 0 Å². The lowest BCUT2D eigenvalue weighted by molar-refractivity contribution is -0.127. The zero-order valence-corrected chi connectivity index (χ0v) is 10.6. The highest BCUT2D eigenvalue weighted by Gasteiger charge is 2.21. The highest BCUT2D eigenvalue weighted by Crippen LogP contribution is 2.14. The van der Waals surface area contributed by atoms with Crippen LogP contribution in [-0.2, 0) is 9.53 Å². The van der Waals surface area contributed by atoms with Crippen molar-refractivity contribution in [2.45, 2.75) is 32.1 Å². The molecule has 0 aromatic rings. The largest absolute Gasteiger partial charge is 0.381 e. The molecule has 0 aromatic carbocycles. The van der Waals surface area contributed by atoms with Crippen LogP contribution in [0.4, 0.5) is 0 Å². The summed E-state index contributed by atoms with van der Waals surface area (Å²) in [5, 5.41) is 3.06. The lowest BCUT2D eigenvalue weighted by Crippen LogP contribution is -2.40. The van der Waals surface area contributed by atoms with Crippen molar-refractivity contribution in [1.82, 2.24) is 10.2 Å². The number of nitrogens with zero attached hydrogens (tertiary/aromatic N) is 1. The van der Waals surface area contributed by atoms with E-state index in [2.05, 4.69) is 10.2 Å². The number of likely N-dealkylation sites (tertiary alicyclic amines) is 1. The second kappa shape index (κ2) is 6.97. The number of piperidine rings is 1. The molecule has 2 saturated heterocycles. The molecule has 0 spiro atoms. The van der Waals surface area contributed by atoms with Crippen molar-refractivity contribution in [1.29, 1.82) is 0 Å². The van der Waals surface area contributed by atoms with Crippen LogP contribution in [0, 0.1) is 5.92 Å². The number of nitrogens with one attached hydrogen (secondary N) is 1. The van der Waals surface area contributed by atoms with Gasteiger partial charge in [-0.2, -0.15) is 0 Å². The summed E-state index contributed by atoms with van der Waals surface area (Å²) in [6.07, 6.45) is 5.76. The van der Waals surface area contributed by atoms with Gasteiger partial charge in [0.25, 0.3) is 0 Å². The van der Waals surface area contributed by atoms with Gasteiger partial charge in [0, 0.05) is 32.2 Å². The molecule has 0 atom stereocenters. The Morgan fingerprint density at radius 3 is 2.59 bits per heavy atom. The van der Waals surface area contributed by atoms with E-state index >= 15 is 0 Å². The van der Waals surface area contributed by atoms with Gasteiger partial charge in [-0.3, -0.25) is 4.79 Å². The van der Waals surface area contributed by atoms with E-state index in [4.69, 9.17) is 4.74 Å². The Hall–Kier alpha value is -0.610. The molecule has 2 fully saturated rings. The normalized spacial score (nSPS) is 23.5. The number of hydrogen-bond donors (Lipinski definition) is 1. The van der Waals surface area contributed by atoms with Gasteiger partial charge in [-0.05, 0) is 38.8 Å². The van der Waals surface area contributed by atoms with Crippen molar-refractivity contribution in [2.75, 3.05) is 39.4 Å². The van der Waals surface area contributed by atoms with Crippen molar-refractivity contribution in [3.63, 3.8) is 0 Å². The van der Waals surface area contributed by atoms with Crippen LogP contribution in [0.15, 0.2) is 0 Å². The van der Waals surface area contributed by atoms with Crippen molar-refractivity contribution in [3.05, 3.63) is 0 Å². The Bertz CT molecular complexity index is 234. The molecule has 2 aliphatic heterocycles. The van der Waals surface area contributed by atoms with Crippen LogP contribution in [0.3, 0.4) is 0 Å². The monoisotopic (exact) mass is 240 g/mol. The average Bonchev–Trinajstić information content (AvgIpc) is 2.41. The summed E-state index contributed by atoms with van der Waals surface area (Å²) < 4.78 is 5.26. The molecule has 0 bridgehead atoms. The third kappa shape index (κ3) is 4.28. The fraction of sp³-hybridized carbons (Fsp3) is 0.923. The number of carbonyl (C=O) groups excluding carboxylic acids is 1. The molecule has 0 aliphatic carbocycles. The van der Waals surface area contributed by atoms with Gasteiger partial charge in [-0.15, -0.1) is 0 Å². The zero-order valence-electron chi connectivity index (χ0n) is 10.6. The molecular formula is C13H24N2O2. The predicted octanol–water partition coefficient (Wildman–Crippen LogP) is 1.02. The zero-order chi connectivity index (χ0) is 11.9. The van der Waals surface area contributed by atoms with E-state index < -0.39 is 0 Å². The average molecular weight is 240 g/mol. The van der Waals surface area contributed by atoms with Gasteiger partial charge in [0.2, 0.25) is 5.91 Å². The first-order valence-corrected chi connectivity index (χ1v) is 6.94. The molecule has 98 valence electrons. The van der Waals surface area contributed by atoms with E-state index in [1.807, 2.05) is 0 Å². The van der Waals surface area contributed by atoms with Crippen molar-refractivity contribution in [2.24, 2.45) is 5.92 Å². The molecule has 1 amide bonds. The maximum atomic E-state index is 11.9. The minimum atomic E-state index is 0.185. The lowest BCUT2D eigenvalue weighted by Gasteiger charge is -2.27. The SMILES string of the molecule is O=C(NCCN1CCCCC1)C1CCOCC1. The van der Waals surface area contributed by atoms with Crippen LogP contribution in [0.25, 0.3) is 0 Å². The molecule has 0 aromatic heterocycles. The first kappa shape index (κ1) is 12.8. The number of amides is 1. The van der Waals surface area contributed by atoms with Gasteiger partial charge in [-0.25, -0.2) is 0 Å². The van der Waals surface area contributed by atoms with E-state index in [-0.39, 0.29) is 11.8 Å². The molecule has 0 saturated carbocycles. The maximum Gasteiger partial charge on any atom is 0.223 e. The standard InChI is InChI=1S/C13H24N2O2/c16-13(12-4-10-17-11-5-12)14-6-9-15-7-2-1-3-8-15/h12H,1-11H2,(H,14,16). The third-order valence-electron chi connectivity index (χ3n) is 3.77. The molecule has 17 heavy (non-hydrogen) atoms. The highest BCUT2D eigenvalue weighted by atomic mass is 16.5. The Balaban J connectivity index is 1.58. The van der Waals surface area contributed by atoms with Crippen LogP contribution in [0.2, 0.25) is 0 Å². The van der Waals surface area contributed by atoms with Gasteiger partial charge in [0.05, 0.1) is 0 Å². The lowest BCUT2D eigenvalue weighted by atomic mass is 9.99. The molecule has 1 N–H and O–H groups in total. The number of rotatable bonds is 4. The van der Waals surface area contributed by atoms with Crippen LogP contribution in [0.1, 0.15) is 32.1 Å². The Morgan fingerprint density at radius 1 is 1.18 bits per heavy atom. The fourth-order valence-corrected chi connectivity index (χ4v) is 2.62. The van der Waals surface area contributed by atoms with E-state index in [1.54, 1.807) is 0 Å². The van der Waals surface area contributed by atoms with Crippen LogP contribution >= 0.6 is 0 Å². The maximum absolute atomic E-state index is 11.9. The van der Waals surface area contributed by atoms with Gasteiger partial charge in [-0.1, -0.05) is 6.42 Å². The summed E-state index contributed by atoms with van der Waals surface area (Å²) in [7, 11) is 0. The quantitative estimate of drug-likeness (QED) is 0.797. The van der Waals surface area contributed by atoms with Crippen LogP contribution in [-0.4, -0.2) is 50.2 Å². The second-order valence-electron chi connectivity index (χ2n) is 5.08. The summed E-state index contributed by atoms with van der Waals surface area (Å²) in [4.78, 5) is 14.3. The fourth-order valence-electron chi connectivity index (χ4n) is 2.62. The Labute approximate surface area is 104 Å². The molecule has 2 heterocycles. The molecule has 0 unspecified atom stereocenters. The minimum absolute atomic E-state index is 0.185.